The Kier molecular flexibility index (Phi) is 7.19. The van der Waals surface area contributed by atoms with Crippen LogP contribution in [0.25, 0.3) is 0 Å². The van der Waals surface area contributed by atoms with Crippen molar-refractivity contribution in [3.05, 3.63) is 64.2 Å². The van der Waals surface area contributed by atoms with Crippen LogP contribution in [0.5, 0.6) is 0 Å². The van der Waals surface area contributed by atoms with Crippen LogP contribution in [0.4, 0.5) is 0 Å². The lowest BCUT2D eigenvalue weighted by Gasteiger charge is -2.18. The predicted molar refractivity (Wildman–Crippen MR) is 104 cm³/mol. The minimum absolute atomic E-state index is 0.0809. The number of amides is 1. The quantitative estimate of drug-likeness (QED) is 0.640. The van der Waals surface area contributed by atoms with Gasteiger partial charge in [-0.05, 0) is 61.2 Å². The van der Waals surface area contributed by atoms with Crippen LogP contribution in [0, 0.1) is 13.8 Å². The normalized spacial score (nSPS) is 12.0. The third-order valence-electron chi connectivity index (χ3n) is 4.09. The highest BCUT2D eigenvalue weighted by molar-refractivity contribution is 7.99. The summed E-state index contributed by atoms with van der Waals surface area (Å²) in [7, 11) is 0. The zero-order valence-electron chi connectivity index (χ0n) is 14.4. The largest absolute Gasteiger partial charge is 0.349 e. The maximum Gasteiger partial charge on any atom is 0.221 e. The molecule has 4 heteroatoms. The summed E-state index contributed by atoms with van der Waals surface area (Å²) in [6, 6.07) is 14.2. The summed E-state index contributed by atoms with van der Waals surface area (Å²) >= 11 is 7.55. The molecular weight excluding hydrogens is 338 g/mol. The highest BCUT2D eigenvalue weighted by Gasteiger charge is 2.13. The van der Waals surface area contributed by atoms with Crippen molar-refractivity contribution in [1.29, 1.82) is 0 Å². The van der Waals surface area contributed by atoms with Crippen molar-refractivity contribution >= 4 is 29.3 Å². The summed E-state index contributed by atoms with van der Waals surface area (Å²) in [4.78, 5) is 13.4. The predicted octanol–water partition coefficient (Wildman–Crippen LogP) is 5.71. The molecule has 0 radical (unpaired) electrons. The molecule has 0 aromatic heterocycles. The Bertz CT molecular complexity index is 685. The van der Waals surface area contributed by atoms with Gasteiger partial charge in [0.1, 0.15) is 0 Å². The molecule has 0 unspecified atom stereocenters. The number of nitrogens with one attached hydrogen (secondary N) is 1. The van der Waals surface area contributed by atoms with Crippen LogP contribution in [0.1, 0.15) is 42.5 Å². The van der Waals surface area contributed by atoms with Crippen LogP contribution in [0.2, 0.25) is 5.02 Å². The number of carbonyl (C=O) groups is 1. The SMILES string of the molecule is CC[C@@H](NC(=O)CCSc1ccc(Cl)cc1)c1ccc(C)c(C)c1. The minimum Gasteiger partial charge on any atom is -0.349 e. The number of carbonyl (C=O) groups excluding carboxylic acids is 1. The van der Waals surface area contributed by atoms with Crippen molar-refractivity contribution in [2.45, 2.75) is 44.6 Å². The van der Waals surface area contributed by atoms with Crippen LogP contribution in [0.3, 0.4) is 0 Å². The minimum atomic E-state index is 0.0809. The van der Waals surface area contributed by atoms with E-state index in [4.69, 9.17) is 11.6 Å². The van der Waals surface area contributed by atoms with Crippen LogP contribution in [-0.2, 0) is 4.79 Å². The molecule has 0 saturated carbocycles. The Labute approximate surface area is 154 Å². The summed E-state index contributed by atoms with van der Waals surface area (Å²) in [6.07, 6.45) is 1.40. The van der Waals surface area contributed by atoms with Gasteiger partial charge in [0.15, 0.2) is 0 Å². The first-order chi connectivity index (χ1) is 11.5. The molecule has 1 amide bonds. The highest BCUT2D eigenvalue weighted by atomic mass is 35.5. The van der Waals surface area contributed by atoms with E-state index in [1.165, 1.54) is 16.7 Å². The van der Waals surface area contributed by atoms with Gasteiger partial charge in [-0.2, -0.15) is 0 Å². The Morgan fingerprint density at radius 2 is 1.83 bits per heavy atom. The van der Waals surface area contributed by atoms with Crippen molar-refractivity contribution in [2.24, 2.45) is 0 Å². The smallest absolute Gasteiger partial charge is 0.221 e. The molecule has 2 aromatic carbocycles. The lowest BCUT2D eigenvalue weighted by Crippen LogP contribution is -2.28. The summed E-state index contributed by atoms with van der Waals surface area (Å²) in [5, 5.41) is 3.88. The van der Waals surface area contributed by atoms with Gasteiger partial charge in [0, 0.05) is 22.1 Å². The van der Waals surface area contributed by atoms with Crippen molar-refractivity contribution in [1.82, 2.24) is 5.32 Å². The molecule has 0 saturated heterocycles. The Morgan fingerprint density at radius 1 is 1.12 bits per heavy atom. The number of thioether (sulfide) groups is 1. The number of aryl methyl sites for hydroxylation is 2. The van der Waals surface area contributed by atoms with Crippen molar-refractivity contribution in [3.63, 3.8) is 0 Å². The third kappa shape index (κ3) is 5.57. The van der Waals surface area contributed by atoms with Crippen molar-refractivity contribution in [3.8, 4) is 0 Å². The first-order valence-corrected chi connectivity index (χ1v) is 9.61. The van der Waals surface area contributed by atoms with Crippen molar-refractivity contribution < 1.29 is 4.79 Å². The van der Waals surface area contributed by atoms with E-state index in [9.17, 15) is 4.79 Å². The molecule has 0 aliphatic carbocycles. The molecule has 1 N–H and O–H groups in total. The van der Waals surface area contributed by atoms with Crippen LogP contribution < -0.4 is 5.32 Å². The lowest BCUT2D eigenvalue weighted by atomic mass is 9.99. The molecule has 0 heterocycles. The number of hydrogen-bond acceptors (Lipinski definition) is 2. The monoisotopic (exact) mass is 361 g/mol. The number of halogens is 1. The molecule has 1 atom stereocenters. The van der Waals surface area contributed by atoms with Gasteiger partial charge in [0.2, 0.25) is 5.91 Å². The van der Waals surface area contributed by atoms with Gasteiger partial charge >= 0.3 is 0 Å². The second-order valence-corrected chi connectivity index (χ2v) is 7.53. The van der Waals surface area contributed by atoms with Gasteiger partial charge in [-0.25, -0.2) is 0 Å². The molecule has 0 spiro atoms. The molecule has 2 aromatic rings. The van der Waals surface area contributed by atoms with Gasteiger partial charge in [-0.1, -0.05) is 36.7 Å². The Balaban J connectivity index is 1.85. The highest BCUT2D eigenvalue weighted by Crippen LogP contribution is 2.22. The fourth-order valence-corrected chi connectivity index (χ4v) is 3.44. The van der Waals surface area contributed by atoms with E-state index in [0.29, 0.717) is 6.42 Å². The molecular formula is C20H24ClNOS. The summed E-state index contributed by atoms with van der Waals surface area (Å²) in [5.74, 6) is 0.859. The van der Waals surface area contributed by atoms with E-state index in [2.05, 4.69) is 44.3 Å². The number of rotatable bonds is 7. The van der Waals surface area contributed by atoms with Crippen LogP contribution in [0.15, 0.2) is 47.4 Å². The summed E-state index contributed by atoms with van der Waals surface area (Å²) < 4.78 is 0. The van der Waals surface area contributed by atoms with E-state index >= 15 is 0 Å². The van der Waals surface area contributed by atoms with E-state index in [-0.39, 0.29) is 11.9 Å². The van der Waals surface area contributed by atoms with Crippen LogP contribution in [-0.4, -0.2) is 11.7 Å². The van der Waals surface area contributed by atoms with Gasteiger partial charge < -0.3 is 5.32 Å². The number of benzene rings is 2. The maximum absolute atomic E-state index is 12.2. The van der Waals surface area contributed by atoms with E-state index in [1.54, 1.807) is 11.8 Å². The average molecular weight is 362 g/mol. The van der Waals surface area contributed by atoms with Gasteiger partial charge in [0.25, 0.3) is 0 Å². The van der Waals surface area contributed by atoms with Crippen molar-refractivity contribution in [2.75, 3.05) is 5.75 Å². The summed E-state index contributed by atoms with van der Waals surface area (Å²) in [6.45, 7) is 6.31. The topological polar surface area (TPSA) is 29.1 Å². The molecule has 128 valence electrons. The van der Waals surface area contributed by atoms with E-state index in [1.807, 2.05) is 24.3 Å². The summed E-state index contributed by atoms with van der Waals surface area (Å²) in [5.41, 5.74) is 3.72. The van der Waals surface area contributed by atoms with Gasteiger partial charge in [0.05, 0.1) is 6.04 Å². The number of hydrogen-bond donors (Lipinski definition) is 1. The first kappa shape index (κ1) is 18.9. The zero-order chi connectivity index (χ0) is 17.5. The van der Waals surface area contributed by atoms with E-state index in [0.717, 1.165) is 22.1 Å². The lowest BCUT2D eigenvalue weighted by molar-refractivity contribution is -0.121. The van der Waals surface area contributed by atoms with Crippen LogP contribution >= 0.6 is 23.4 Å². The maximum atomic E-state index is 12.2. The Morgan fingerprint density at radius 3 is 2.46 bits per heavy atom. The molecule has 2 rings (SSSR count). The average Bonchev–Trinajstić information content (AvgIpc) is 2.57. The zero-order valence-corrected chi connectivity index (χ0v) is 16.0. The Hall–Kier alpha value is -1.45. The third-order valence-corrected chi connectivity index (χ3v) is 5.35. The second-order valence-electron chi connectivity index (χ2n) is 5.92. The molecule has 0 fully saturated rings. The van der Waals surface area contributed by atoms with Gasteiger partial charge in [-0.15, -0.1) is 11.8 Å². The fraction of sp³-hybridized carbons (Fsp3) is 0.350. The molecule has 0 bridgehead atoms. The molecule has 2 nitrogen and oxygen atoms in total. The standard InChI is InChI=1S/C20H24ClNOS/c1-4-19(16-6-5-14(2)15(3)13-16)22-20(23)11-12-24-18-9-7-17(21)8-10-18/h5-10,13,19H,4,11-12H2,1-3H3,(H,22,23)/t19-/m1/s1. The van der Waals surface area contributed by atoms with E-state index < -0.39 is 0 Å². The molecule has 0 aliphatic heterocycles. The first-order valence-electron chi connectivity index (χ1n) is 8.24. The molecule has 24 heavy (non-hydrogen) atoms. The fourth-order valence-electron chi connectivity index (χ4n) is 2.46. The second kappa shape index (κ2) is 9.14. The molecule has 0 aliphatic rings. The van der Waals surface area contributed by atoms with Gasteiger partial charge in [-0.3, -0.25) is 4.79 Å².